The largest absolute Gasteiger partial charge is 0.353 e. The smallest absolute Gasteiger partial charge is 0.191 e. The summed E-state index contributed by atoms with van der Waals surface area (Å²) in [6.45, 7) is 5.60. The predicted octanol–water partition coefficient (Wildman–Crippen LogP) is 2.11. The Hall–Kier alpha value is -1.01. The quantitative estimate of drug-likeness (QED) is 0.377. The molecule has 1 aliphatic heterocycles. The van der Waals surface area contributed by atoms with Gasteiger partial charge in [-0.2, -0.15) is 0 Å². The van der Waals surface area contributed by atoms with Gasteiger partial charge in [-0.1, -0.05) is 25.6 Å². The van der Waals surface area contributed by atoms with Gasteiger partial charge in [-0.25, -0.2) is 15.8 Å². The number of hydrogen-bond acceptors (Lipinski definition) is 6. The molecule has 1 saturated heterocycles. The van der Waals surface area contributed by atoms with Crippen LogP contribution in [0.4, 0.5) is 11.6 Å². The summed E-state index contributed by atoms with van der Waals surface area (Å²) in [5.41, 5.74) is 2.62. The average molecular weight is 267 g/mol. The zero-order valence-corrected chi connectivity index (χ0v) is 12.0. The van der Waals surface area contributed by atoms with E-state index in [0.29, 0.717) is 17.8 Å². The molecule has 1 fully saturated rings. The van der Waals surface area contributed by atoms with E-state index in [0.717, 1.165) is 17.5 Å². The van der Waals surface area contributed by atoms with Crippen LogP contribution in [0.25, 0.3) is 0 Å². The standard InChI is InChI=1S/C12H21N5S/c1-8(2)9-5-4-6-17(9)11-7-10(16-13)14-12(15-11)18-3/h7-9H,4-6,13H2,1-3H3,(H,14,15,16). The Morgan fingerprint density at radius 3 is 2.89 bits per heavy atom. The van der Waals surface area contributed by atoms with Crippen molar-refractivity contribution in [2.24, 2.45) is 11.8 Å². The Morgan fingerprint density at radius 1 is 1.50 bits per heavy atom. The summed E-state index contributed by atoms with van der Waals surface area (Å²) in [4.78, 5) is 11.3. The highest BCUT2D eigenvalue weighted by atomic mass is 32.2. The van der Waals surface area contributed by atoms with E-state index in [-0.39, 0.29) is 0 Å². The fourth-order valence-electron chi connectivity index (χ4n) is 2.50. The van der Waals surface area contributed by atoms with Gasteiger partial charge < -0.3 is 10.3 Å². The van der Waals surface area contributed by atoms with Crippen LogP contribution in [0.2, 0.25) is 0 Å². The van der Waals surface area contributed by atoms with E-state index in [4.69, 9.17) is 5.84 Å². The molecule has 2 heterocycles. The van der Waals surface area contributed by atoms with E-state index in [1.54, 1.807) is 0 Å². The van der Waals surface area contributed by atoms with Crippen molar-refractivity contribution < 1.29 is 0 Å². The van der Waals surface area contributed by atoms with Crippen LogP contribution in [0.1, 0.15) is 26.7 Å². The first-order chi connectivity index (χ1) is 8.65. The summed E-state index contributed by atoms with van der Waals surface area (Å²) < 4.78 is 0. The van der Waals surface area contributed by atoms with Crippen LogP contribution in [0.15, 0.2) is 11.2 Å². The molecule has 2 rings (SSSR count). The second-order valence-electron chi connectivity index (χ2n) is 4.89. The van der Waals surface area contributed by atoms with Gasteiger partial charge >= 0.3 is 0 Å². The molecule has 1 unspecified atom stereocenters. The van der Waals surface area contributed by atoms with E-state index < -0.39 is 0 Å². The Bertz CT molecular complexity index is 387. The predicted molar refractivity (Wildman–Crippen MR) is 76.8 cm³/mol. The molecule has 6 heteroatoms. The SMILES string of the molecule is CSc1nc(NN)cc(N2CCCC2C(C)C)n1. The van der Waals surface area contributed by atoms with Crippen LogP contribution in [-0.4, -0.2) is 28.8 Å². The van der Waals surface area contributed by atoms with Crippen molar-refractivity contribution in [3.8, 4) is 0 Å². The molecule has 0 bridgehead atoms. The highest BCUT2D eigenvalue weighted by Gasteiger charge is 2.28. The summed E-state index contributed by atoms with van der Waals surface area (Å²) >= 11 is 1.54. The number of thioether (sulfide) groups is 1. The Labute approximate surface area is 113 Å². The van der Waals surface area contributed by atoms with E-state index in [9.17, 15) is 0 Å². The molecule has 0 aromatic carbocycles. The highest BCUT2D eigenvalue weighted by Crippen LogP contribution is 2.30. The molecule has 0 amide bonds. The van der Waals surface area contributed by atoms with Crippen LogP contribution in [0.3, 0.4) is 0 Å². The Balaban J connectivity index is 2.31. The van der Waals surface area contributed by atoms with Crippen LogP contribution >= 0.6 is 11.8 Å². The molecule has 3 N–H and O–H groups in total. The molecule has 1 aromatic heterocycles. The topological polar surface area (TPSA) is 67.1 Å². The van der Waals surface area contributed by atoms with Gasteiger partial charge in [-0.3, -0.25) is 0 Å². The molecule has 18 heavy (non-hydrogen) atoms. The number of nitrogens with zero attached hydrogens (tertiary/aromatic N) is 3. The van der Waals surface area contributed by atoms with E-state index >= 15 is 0 Å². The number of rotatable bonds is 4. The minimum absolute atomic E-state index is 0.570. The molecule has 0 aliphatic carbocycles. The highest BCUT2D eigenvalue weighted by molar-refractivity contribution is 7.98. The number of aromatic nitrogens is 2. The lowest BCUT2D eigenvalue weighted by molar-refractivity contribution is 0.489. The average Bonchev–Trinajstić information content (AvgIpc) is 2.87. The fourth-order valence-corrected chi connectivity index (χ4v) is 2.87. The van der Waals surface area contributed by atoms with E-state index in [1.807, 2.05) is 12.3 Å². The van der Waals surface area contributed by atoms with Crippen LogP contribution in [-0.2, 0) is 0 Å². The van der Waals surface area contributed by atoms with E-state index in [1.165, 1.54) is 24.6 Å². The third kappa shape index (κ3) is 2.70. The molecule has 100 valence electrons. The first-order valence-electron chi connectivity index (χ1n) is 6.32. The molecular formula is C12H21N5S. The maximum atomic E-state index is 5.47. The molecule has 0 spiro atoms. The van der Waals surface area contributed by atoms with Crippen LogP contribution in [0.5, 0.6) is 0 Å². The first-order valence-corrected chi connectivity index (χ1v) is 7.54. The maximum absolute atomic E-state index is 5.47. The summed E-state index contributed by atoms with van der Waals surface area (Å²) in [5, 5.41) is 0.759. The molecule has 1 aromatic rings. The molecular weight excluding hydrogens is 246 g/mol. The third-order valence-electron chi connectivity index (χ3n) is 3.39. The van der Waals surface area contributed by atoms with Gasteiger partial charge in [0.25, 0.3) is 0 Å². The third-order valence-corrected chi connectivity index (χ3v) is 3.93. The van der Waals surface area contributed by atoms with Crippen molar-refractivity contribution in [3.63, 3.8) is 0 Å². The second-order valence-corrected chi connectivity index (χ2v) is 5.66. The van der Waals surface area contributed by atoms with Crippen molar-refractivity contribution in [1.82, 2.24) is 9.97 Å². The monoisotopic (exact) mass is 267 g/mol. The maximum Gasteiger partial charge on any atom is 0.191 e. The molecule has 1 atom stereocenters. The Kier molecular flexibility index (Phi) is 4.29. The molecule has 0 saturated carbocycles. The van der Waals surface area contributed by atoms with Gasteiger partial charge in [-0.15, -0.1) is 0 Å². The fraction of sp³-hybridized carbons (Fsp3) is 0.667. The van der Waals surface area contributed by atoms with Crippen molar-refractivity contribution in [1.29, 1.82) is 0 Å². The van der Waals surface area contributed by atoms with E-state index in [2.05, 4.69) is 34.1 Å². The molecule has 0 radical (unpaired) electrons. The van der Waals surface area contributed by atoms with Crippen LogP contribution < -0.4 is 16.2 Å². The molecule has 1 aliphatic rings. The number of nitrogens with two attached hydrogens (primary N) is 1. The van der Waals surface area contributed by atoms with Crippen molar-refractivity contribution in [2.75, 3.05) is 23.1 Å². The minimum atomic E-state index is 0.570. The summed E-state index contributed by atoms with van der Waals surface area (Å²) in [6, 6.07) is 2.50. The number of hydrogen-bond donors (Lipinski definition) is 2. The molecule has 5 nitrogen and oxygen atoms in total. The summed E-state index contributed by atoms with van der Waals surface area (Å²) in [5.74, 6) is 7.77. The van der Waals surface area contributed by atoms with Gasteiger partial charge in [0.1, 0.15) is 11.6 Å². The minimum Gasteiger partial charge on any atom is -0.353 e. The van der Waals surface area contributed by atoms with Crippen molar-refractivity contribution >= 4 is 23.4 Å². The van der Waals surface area contributed by atoms with Gasteiger partial charge in [-0.05, 0) is 25.0 Å². The number of nitrogens with one attached hydrogen (secondary N) is 1. The van der Waals surface area contributed by atoms with Gasteiger partial charge in [0, 0.05) is 18.7 Å². The van der Waals surface area contributed by atoms with Crippen LogP contribution in [0, 0.1) is 5.92 Å². The normalized spacial score (nSPS) is 19.6. The number of hydrazine groups is 1. The second kappa shape index (κ2) is 5.75. The first kappa shape index (κ1) is 13.4. The van der Waals surface area contributed by atoms with Gasteiger partial charge in [0.05, 0.1) is 0 Å². The summed E-state index contributed by atoms with van der Waals surface area (Å²) in [7, 11) is 0. The van der Waals surface area contributed by atoms with Gasteiger partial charge in [0.2, 0.25) is 0 Å². The van der Waals surface area contributed by atoms with Crippen molar-refractivity contribution in [2.45, 2.75) is 37.9 Å². The van der Waals surface area contributed by atoms with Gasteiger partial charge in [0.15, 0.2) is 5.16 Å². The lowest BCUT2D eigenvalue weighted by atomic mass is 10.0. The number of nitrogen functional groups attached to an aromatic ring is 1. The lowest BCUT2D eigenvalue weighted by Crippen LogP contribution is -2.34. The Morgan fingerprint density at radius 2 is 2.28 bits per heavy atom. The number of anilines is 2. The summed E-state index contributed by atoms with van der Waals surface area (Å²) in [6.07, 6.45) is 4.44. The zero-order chi connectivity index (χ0) is 13.1. The lowest BCUT2D eigenvalue weighted by Gasteiger charge is -2.29. The zero-order valence-electron chi connectivity index (χ0n) is 11.2. The van der Waals surface area contributed by atoms with Crippen molar-refractivity contribution in [3.05, 3.63) is 6.07 Å².